The number of nitrogens with zero attached hydrogens (tertiary/aromatic N) is 1. The van der Waals surface area contributed by atoms with Crippen LogP contribution in [0.15, 0.2) is 24.3 Å². The molecule has 120 valence electrons. The third kappa shape index (κ3) is 5.33. The van der Waals surface area contributed by atoms with Gasteiger partial charge in [0.15, 0.2) is 0 Å². The summed E-state index contributed by atoms with van der Waals surface area (Å²) < 4.78 is 5.72. The zero-order valence-corrected chi connectivity index (χ0v) is 14.4. The molecule has 0 aromatic heterocycles. The van der Waals surface area contributed by atoms with Gasteiger partial charge in [-0.05, 0) is 51.4 Å². The first-order valence-electron chi connectivity index (χ1n) is 8.13. The summed E-state index contributed by atoms with van der Waals surface area (Å²) in [5.74, 6) is 0.946. The summed E-state index contributed by atoms with van der Waals surface area (Å²) in [6.45, 7) is 13.5. The molecule has 0 saturated heterocycles. The first kappa shape index (κ1) is 18.0. The average molecular weight is 292 g/mol. The van der Waals surface area contributed by atoms with Crippen LogP contribution in [0.25, 0.3) is 0 Å². The molecule has 0 aliphatic carbocycles. The Balaban J connectivity index is 2.81. The molecule has 0 saturated carbocycles. The normalized spacial score (nSPS) is 13.5. The smallest absolute Gasteiger partial charge is 0.119 e. The Morgan fingerprint density at radius 2 is 1.76 bits per heavy atom. The van der Waals surface area contributed by atoms with E-state index in [9.17, 15) is 0 Å². The van der Waals surface area contributed by atoms with Gasteiger partial charge in [0.05, 0.1) is 6.61 Å². The van der Waals surface area contributed by atoms with Crippen LogP contribution >= 0.6 is 0 Å². The van der Waals surface area contributed by atoms with Crippen LogP contribution in [0.3, 0.4) is 0 Å². The van der Waals surface area contributed by atoms with Crippen molar-refractivity contribution in [3.8, 4) is 5.75 Å². The van der Waals surface area contributed by atoms with E-state index in [4.69, 9.17) is 10.5 Å². The quantitative estimate of drug-likeness (QED) is 0.736. The molecule has 1 unspecified atom stereocenters. The topological polar surface area (TPSA) is 38.5 Å². The van der Waals surface area contributed by atoms with E-state index < -0.39 is 0 Å². The third-order valence-electron chi connectivity index (χ3n) is 3.83. The van der Waals surface area contributed by atoms with Gasteiger partial charge in [0.2, 0.25) is 0 Å². The molecule has 3 heteroatoms. The largest absolute Gasteiger partial charge is 0.494 e. The molecular formula is C18H32N2O. The van der Waals surface area contributed by atoms with Gasteiger partial charge in [0, 0.05) is 18.1 Å². The minimum absolute atomic E-state index is 0.106. The van der Waals surface area contributed by atoms with Gasteiger partial charge in [0.1, 0.15) is 5.75 Å². The maximum absolute atomic E-state index is 6.04. The predicted octanol–water partition coefficient (Wildman–Crippen LogP) is 3.99. The molecule has 0 radical (unpaired) electrons. The molecule has 0 amide bonds. The van der Waals surface area contributed by atoms with Crippen LogP contribution in [0.5, 0.6) is 5.75 Å². The van der Waals surface area contributed by atoms with Crippen LogP contribution in [0.1, 0.15) is 59.1 Å². The number of likely N-dealkylation sites (N-methyl/N-ethyl adjacent to an activating group) is 1. The van der Waals surface area contributed by atoms with Gasteiger partial charge in [-0.25, -0.2) is 0 Å². The Bertz CT molecular complexity index is 395. The zero-order valence-electron chi connectivity index (χ0n) is 14.4. The predicted molar refractivity (Wildman–Crippen MR) is 90.8 cm³/mol. The molecule has 1 aromatic rings. The van der Waals surface area contributed by atoms with Crippen molar-refractivity contribution >= 4 is 0 Å². The molecular weight excluding hydrogens is 260 g/mol. The van der Waals surface area contributed by atoms with E-state index in [1.165, 1.54) is 5.56 Å². The van der Waals surface area contributed by atoms with E-state index in [1.807, 2.05) is 0 Å². The SMILES string of the molecule is CCCCOc1ccc(C(CN)N(CC)C(C)(C)C)cc1. The fourth-order valence-corrected chi connectivity index (χ4v) is 2.73. The van der Waals surface area contributed by atoms with Gasteiger partial charge >= 0.3 is 0 Å². The number of hydrogen-bond donors (Lipinski definition) is 1. The van der Waals surface area contributed by atoms with Gasteiger partial charge in [-0.1, -0.05) is 32.4 Å². The zero-order chi connectivity index (χ0) is 15.9. The lowest BCUT2D eigenvalue weighted by molar-refractivity contribution is 0.0919. The van der Waals surface area contributed by atoms with E-state index >= 15 is 0 Å². The molecule has 0 bridgehead atoms. The Labute approximate surface area is 130 Å². The second-order valence-corrected chi connectivity index (χ2v) is 6.48. The second-order valence-electron chi connectivity index (χ2n) is 6.48. The highest BCUT2D eigenvalue weighted by Gasteiger charge is 2.27. The summed E-state index contributed by atoms with van der Waals surface area (Å²) in [4.78, 5) is 2.44. The summed E-state index contributed by atoms with van der Waals surface area (Å²) in [7, 11) is 0. The molecule has 0 spiro atoms. The highest BCUT2D eigenvalue weighted by Crippen LogP contribution is 2.28. The Morgan fingerprint density at radius 1 is 1.14 bits per heavy atom. The average Bonchev–Trinajstić information content (AvgIpc) is 2.44. The highest BCUT2D eigenvalue weighted by molar-refractivity contribution is 5.29. The van der Waals surface area contributed by atoms with Crippen molar-refractivity contribution in [1.82, 2.24) is 4.90 Å². The van der Waals surface area contributed by atoms with Crippen molar-refractivity contribution in [3.05, 3.63) is 29.8 Å². The molecule has 0 aliphatic rings. The van der Waals surface area contributed by atoms with E-state index in [0.717, 1.165) is 31.7 Å². The van der Waals surface area contributed by atoms with Gasteiger partial charge in [-0.15, -0.1) is 0 Å². The molecule has 0 heterocycles. The molecule has 1 atom stereocenters. The number of rotatable bonds is 8. The number of benzene rings is 1. The van der Waals surface area contributed by atoms with Crippen molar-refractivity contribution in [2.24, 2.45) is 5.73 Å². The lowest BCUT2D eigenvalue weighted by Crippen LogP contribution is -2.46. The van der Waals surface area contributed by atoms with Crippen molar-refractivity contribution < 1.29 is 4.74 Å². The number of unbranched alkanes of at least 4 members (excludes halogenated alkanes) is 1. The van der Waals surface area contributed by atoms with Crippen LogP contribution in [0.4, 0.5) is 0 Å². The first-order valence-corrected chi connectivity index (χ1v) is 8.13. The van der Waals surface area contributed by atoms with E-state index in [-0.39, 0.29) is 11.6 Å². The van der Waals surface area contributed by atoms with Crippen LogP contribution in [0, 0.1) is 0 Å². The van der Waals surface area contributed by atoms with Gasteiger partial charge < -0.3 is 10.5 Å². The lowest BCUT2D eigenvalue weighted by Gasteiger charge is -2.41. The fourth-order valence-electron chi connectivity index (χ4n) is 2.73. The Morgan fingerprint density at radius 3 is 2.19 bits per heavy atom. The molecule has 1 aromatic carbocycles. The minimum Gasteiger partial charge on any atom is -0.494 e. The number of nitrogens with two attached hydrogens (primary N) is 1. The monoisotopic (exact) mass is 292 g/mol. The minimum atomic E-state index is 0.106. The van der Waals surface area contributed by atoms with Gasteiger partial charge in [0.25, 0.3) is 0 Å². The molecule has 1 rings (SSSR count). The number of hydrogen-bond acceptors (Lipinski definition) is 3. The summed E-state index contributed by atoms with van der Waals surface area (Å²) in [6.07, 6.45) is 2.26. The van der Waals surface area contributed by atoms with Crippen LogP contribution < -0.4 is 10.5 Å². The standard InChI is InChI=1S/C18H32N2O/c1-6-8-13-21-16-11-9-15(10-12-16)17(14-19)20(7-2)18(3,4)5/h9-12,17H,6-8,13-14,19H2,1-5H3. The van der Waals surface area contributed by atoms with Crippen molar-refractivity contribution in [3.63, 3.8) is 0 Å². The molecule has 3 nitrogen and oxygen atoms in total. The van der Waals surface area contributed by atoms with Crippen molar-refractivity contribution in [2.75, 3.05) is 19.7 Å². The van der Waals surface area contributed by atoms with E-state index in [0.29, 0.717) is 6.54 Å². The molecule has 0 fully saturated rings. The molecule has 0 aliphatic heterocycles. The van der Waals surface area contributed by atoms with Crippen molar-refractivity contribution in [1.29, 1.82) is 0 Å². The van der Waals surface area contributed by atoms with Gasteiger partial charge in [-0.2, -0.15) is 0 Å². The third-order valence-corrected chi connectivity index (χ3v) is 3.83. The highest BCUT2D eigenvalue weighted by atomic mass is 16.5. The maximum Gasteiger partial charge on any atom is 0.119 e. The summed E-state index contributed by atoms with van der Waals surface area (Å²) in [5, 5.41) is 0. The number of ether oxygens (including phenoxy) is 1. The van der Waals surface area contributed by atoms with Crippen LogP contribution in [-0.4, -0.2) is 30.1 Å². The molecule has 21 heavy (non-hydrogen) atoms. The van der Waals surface area contributed by atoms with Crippen molar-refractivity contribution in [2.45, 2.75) is 59.0 Å². The Kier molecular flexibility index (Phi) is 7.20. The summed E-state index contributed by atoms with van der Waals surface area (Å²) >= 11 is 0. The van der Waals surface area contributed by atoms with E-state index in [2.05, 4.69) is 63.8 Å². The second kappa shape index (κ2) is 8.40. The summed E-state index contributed by atoms with van der Waals surface area (Å²) in [5.41, 5.74) is 7.41. The first-order chi connectivity index (χ1) is 9.93. The lowest BCUT2D eigenvalue weighted by atomic mass is 9.98. The molecule has 2 N–H and O–H groups in total. The maximum atomic E-state index is 6.04. The fraction of sp³-hybridized carbons (Fsp3) is 0.667. The van der Waals surface area contributed by atoms with E-state index in [1.54, 1.807) is 0 Å². The van der Waals surface area contributed by atoms with Crippen LogP contribution in [-0.2, 0) is 0 Å². The Hall–Kier alpha value is -1.06. The van der Waals surface area contributed by atoms with Crippen LogP contribution in [0.2, 0.25) is 0 Å². The van der Waals surface area contributed by atoms with Gasteiger partial charge in [-0.3, -0.25) is 4.90 Å². The summed E-state index contributed by atoms with van der Waals surface area (Å²) in [6, 6.07) is 8.66.